The van der Waals surface area contributed by atoms with Crippen LogP contribution in [0.1, 0.15) is 86.5 Å². The van der Waals surface area contributed by atoms with Gasteiger partial charge in [-0.15, -0.1) is 0 Å². The third-order valence-electron chi connectivity index (χ3n) is 10.6. The van der Waals surface area contributed by atoms with Crippen LogP contribution in [0, 0.1) is 40.4 Å². The molecule has 4 aliphatic carbocycles. The standard InChI is InChI=1S/C31H48O4/c1-19(11-12-20(2)29(5,6)33)25-13-14-26-23(10-9-15-30(25,26)7)16-28(34-8)31-18-24(31)17-27(21(31)3)35-22(4)32/h11-12,16,19-20,24-28,33H,3,9-10,13-15,17-18H2,1-2,4-8H3/b12-11+,23-16+/t19-,20+,24?,25?,26+,27+,28?,30-,31?/m1/s1. The van der Waals surface area contributed by atoms with Gasteiger partial charge in [0.25, 0.3) is 0 Å². The van der Waals surface area contributed by atoms with Crippen LogP contribution in [-0.4, -0.2) is 36.0 Å². The Hall–Kier alpha value is -1.39. The predicted octanol–water partition coefficient (Wildman–Crippen LogP) is 6.64. The van der Waals surface area contributed by atoms with Gasteiger partial charge in [0.15, 0.2) is 0 Å². The summed E-state index contributed by atoms with van der Waals surface area (Å²) in [7, 11) is 1.83. The first-order chi connectivity index (χ1) is 16.3. The average molecular weight is 485 g/mol. The summed E-state index contributed by atoms with van der Waals surface area (Å²) < 4.78 is 11.7. The fourth-order valence-electron chi connectivity index (χ4n) is 8.06. The Morgan fingerprint density at radius 3 is 2.60 bits per heavy atom. The Morgan fingerprint density at radius 1 is 1.26 bits per heavy atom. The van der Waals surface area contributed by atoms with Crippen molar-refractivity contribution in [1.29, 1.82) is 0 Å². The lowest BCUT2D eigenvalue weighted by Gasteiger charge is -2.44. The summed E-state index contributed by atoms with van der Waals surface area (Å²) >= 11 is 0. The Bertz CT molecular complexity index is 894. The zero-order chi connectivity index (χ0) is 25.8. The molecule has 4 rings (SSSR count). The lowest BCUT2D eigenvalue weighted by atomic mass is 9.61. The Morgan fingerprint density at radius 2 is 1.97 bits per heavy atom. The Balaban J connectivity index is 1.52. The van der Waals surface area contributed by atoms with Crippen molar-refractivity contribution in [3.63, 3.8) is 0 Å². The number of esters is 1. The topological polar surface area (TPSA) is 55.8 Å². The highest BCUT2D eigenvalue weighted by molar-refractivity contribution is 5.67. The van der Waals surface area contributed by atoms with Crippen LogP contribution >= 0.6 is 0 Å². The number of hydrogen-bond acceptors (Lipinski definition) is 4. The quantitative estimate of drug-likeness (QED) is 0.310. The molecular formula is C31H48O4. The highest BCUT2D eigenvalue weighted by atomic mass is 16.5. The van der Waals surface area contributed by atoms with Crippen molar-refractivity contribution in [2.75, 3.05) is 7.11 Å². The minimum absolute atomic E-state index is 0.0157. The van der Waals surface area contributed by atoms with Gasteiger partial charge < -0.3 is 14.6 Å². The van der Waals surface area contributed by atoms with Crippen LogP contribution in [0.4, 0.5) is 0 Å². The molecule has 0 aromatic heterocycles. The van der Waals surface area contributed by atoms with Crippen LogP contribution in [0.2, 0.25) is 0 Å². The monoisotopic (exact) mass is 484 g/mol. The number of carbonyl (C=O) groups excluding carboxylic acids is 1. The highest BCUT2D eigenvalue weighted by Gasteiger charge is 2.67. The van der Waals surface area contributed by atoms with Gasteiger partial charge >= 0.3 is 5.97 Å². The molecule has 0 amide bonds. The van der Waals surface area contributed by atoms with Crippen LogP contribution in [0.3, 0.4) is 0 Å². The number of rotatable bonds is 8. The third-order valence-corrected chi connectivity index (χ3v) is 10.6. The van der Waals surface area contributed by atoms with Crippen molar-refractivity contribution < 1.29 is 19.4 Å². The van der Waals surface area contributed by atoms with Crippen LogP contribution in [0.15, 0.2) is 36.0 Å². The molecule has 0 saturated heterocycles. The van der Waals surface area contributed by atoms with Crippen molar-refractivity contribution in [3.8, 4) is 0 Å². The molecular weight excluding hydrogens is 436 g/mol. The van der Waals surface area contributed by atoms with Crippen LogP contribution < -0.4 is 0 Å². The second-order valence-corrected chi connectivity index (χ2v) is 13.0. The van der Waals surface area contributed by atoms with Gasteiger partial charge in [-0.3, -0.25) is 4.79 Å². The molecule has 4 unspecified atom stereocenters. The molecule has 1 N–H and O–H groups in total. The summed E-state index contributed by atoms with van der Waals surface area (Å²) in [6, 6.07) is 0. The first-order valence-electron chi connectivity index (χ1n) is 13.8. The molecule has 4 nitrogen and oxygen atoms in total. The summed E-state index contributed by atoms with van der Waals surface area (Å²) in [6.07, 6.45) is 15.1. The first-order valence-corrected chi connectivity index (χ1v) is 13.8. The van der Waals surface area contributed by atoms with E-state index in [1.165, 1.54) is 32.6 Å². The van der Waals surface area contributed by atoms with Crippen molar-refractivity contribution >= 4 is 5.97 Å². The number of hydrogen-bond donors (Lipinski definition) is 1. The van der Waals surface area contributed by atoms with E-state index in [9.17, 15) is 9.90 Å². The molecule has 4 heteroatoms. The Kier molecular flexibility index (Phi) is 7.23. The number of methoxy groups -OCH3 is 1. The molecule has 0 aromatic carbocycles. The number of allylic oxidation sites excluding steroid dienone is 2. The van der Waals surface area contributed by atoms with E-state index in [1.54, 1.807) is 5.57 Å². The van der Waals surface area contributed by atoms with Gasteiger partial charge in [0.1, 0.15) is 6.10 Å². The predicted molar refractivity (Wildman–Crippen MR) is 141 cm³/mol. The molecule has 4 fully saturated rings. The van der Waals surface area contributed by atoms with E-state index in [0.29, 0.717) is 29.1 Å². The summed E-state index contributed by atoms with van der Waals surface area (Å²) in [5.74, 6) is 2.19. The number of ether oxygens (including phenoxy) is 2. The zero-order valence-corrected chi connectivity index (χ0v) is 23.1. The maximum Gasteiger partial charge on any atom is 0.303 e. The molecule has 0 aromatic rings. The average Bonchev–Trinajstić information content (AvgIpc) is 3.28. The van der Waals surface area contributed by atoms with E-state index in [-0.39, 0.29) is 29.5 Å². The fraction of sp³-hybridized carbons (Fsp3) is 0.774. The smallest absolute Gasteiger partial charge is 0.303 e. The van der Waals surface area contributed by atoms with E-state index < -0.39 is 5.60 Å². The second-order valence-electron chi connectivity index (χ2n) is 13.0. The van der Waals surface area contributed by atoms with Gasteiger partial charge in [-0.25, -0.2) is 0 Å². The van der Waals surface area contributed by atoms with Gasteiger partial charge in [0.2, 0.25) is 0 Å². The minimum atomic E-state index is -0.687. The molecule has 0 radical (unpaired) electrons. The van der Waals surface area contributed by atoms with E-state index in [0.717, 1.165) is 24.8 Å². The molecule has 0 heterocycles. The molecule has 4 saturated carbocycles. The SMILES string of the molecule is C=C1[C@@H](OC(C)=O)CC2CC12C(/C=C1\CCC[C@]2(C)C([C@H](C)/C=C/[C@H](C)C(C)(C)O)CC[C@@H]12)OC. The van der Waals surface area contributed by atoms with Gasteiger partial charge in [0.05, 0.1) is 11.7 Å². The highest BCUT2D eigenvalue weighted by Crippen LogP contribution is 2.69. The third kappa shape index (κ3) is 4.70. The summed E-state index contributed by atoms with van der Waals surface area (Å²) in [6.45, 7) is 16.7. The number of carbonyl (C=O) groups is 1. The first kappa shape index (κ1) is 26.7. The van der Waals surface area contributed by atoms with Crippen LogP contribution in [0.5, 0.6) is 0 Å². The van der Waals surface area contributed by atoms with E-state index in [1.807, 2.05) is 21.0 Å². The van der Waals surface area contributed by atoms with Crippen molar-refractivity contribution in [2.24, 2.45) is 40.4 Å². The zero-order valence-electron chi connectivity index (χ0n) is 23.1. The van der Waals surface area contributed by atoms with Gasteiger partial charge in [-0.2, -0.15) is 0 Å². The Labute approximate surface area is 213 Å². The van der Waals surface area contributed by atoms with Crippen LogP contribution in [-0.2, 0) is 14.3 Å². The molecule has 35 heavy (non-hydrogen) atoms. The largest absolute Gasteiger partial charge is 0.458 e. The lowest BCUT2D eigenvalue weighted by molar-refractivity contribution is -0.144. The van der Waals surface area contributed by atoms with Crippen molar-refractivity contribution in [1.82, 2.24) is 0 Å². The normalized spacial score (nSPS) is 40.5. The second kappa shape index (κ2) is 9.49. The molecule has 0 spiro atoms. The molecule has 0 aliphatic heterocycles. The van der Waals surface area contributed by atoms with Crippen molar-refractivity contribution in [2.45, 2.75) is 104 Å². The molecule has 9 atom stereocenters. The summed E-state index contributed by atoms with van der Waals surface area (Å²) in [5.41, 5.74) is 2.20. The maximum atomic E-state index is 11.6. The van der Waals surface area contributed by atoms with E-state index >= 15 is 0 Å². The van der Waals surface area contributed by atoms with E-state index in [2.05, 4.69) is 45.6 Å². The summed E-state index contributed by atoms with van der Waals surface area (Å²) in [5, 5.41) is 10.3. The molecule has 196 valence electrons. The van der Waals surface area contributed by atoms with Crippen molar-refractivity contribution in [3.05, 3.63) is 36.0 Å². The number of aliphatic hydroxyl groups is 1. The molecule has 4 aliphatic rings. The molecule has 0 bridgehead atoms. The lowest BCUT2D eigenvalue weighted by Crippen LogP contribution is -2.36. The van der Waals surface area contributed by atoms with Crippen LogP contribution in [0.25, 0.3) is 0 Å². The maximum absolute atomic E-state index is 11.6. The van der Waals surface area contributed by atoms with E-state index in [4.69, 9.17) is 9.47 Å². The fourth-order valence-corrected chi connectivity index (χ4v) is 8.06. The summed E-state index contributed by atoms with van der Waals surface area (Å²) in [4.78, 5) is 11.6. The van der Waals surface area contributed by atoms with Gasteiger partial charge in [-0.1, -0.05) is 51.2 Å². The van der Waals surface area contributed by atoms with Gasteiger partial charge in [-0.05, 0) is 93.5 Å². The minimum Gasteiger partial charge on any atom is -0.458 e. The number of fused-ring (bicyclic) bond motifs is 2. The van der Waals surface area contributed by atoms with Gasteiger partial charge in [0, 0.05) is 25.4 Å².